The van der Waals surface area contributed by atoms with Gasteiger partial charge in [0.1, 0.15) is 12.2 Å². The summed E-state index contributed by atoms with van der Waals surface area (Å²) in [5.74, 6) is -0.482. The van der Waals surface area contributed by atoms with Gasteiger partial charge in [0.2, 0.25) is 0 Å². The molecule has 2 atom stereocenters. The van der Waals surface area contributed by atoms with Crippen LogP contribution < -0.4 is 16.0 Å². The van der Waals surface area contributed by atoms with Crippen LogP contribution in [0.5, 0.6) is 11.5 Å². The number of nitrogens with one attached hydrogen (secondary N) is 3. The highest BCUT2D eigenvalue weighted by atomic mass is 32.1. The maximum Gasteiger partial charge on any atom is 0.184 e. The quantitative estimate of drug-likeness (QED) is 0.183. The second kappa shape index (κ2) is 9.46. The number of hydrogen-bond acceptors (Lipinski definition) is 6. The molecule has 0 aliphatic carbocycles. The van der Waals surface area contributed by atoms with Crippen molar-refractivity contribution in [1.29, 1.82) is 0 Å². The van der Waals surface area contributed by atoms with Crippen molar-refractivity contribution >= 4 is 34.6 Å². The molecule has 7 N–H and O–H groups in total. The number of aromatic amines is 2. The summed E-state index contributed by atoms with van der Waals surface area (Å²) in [6, 6.07) is 26.9. The van der Waals surface area contributed by atoms with E-state index in [0.717, 1.165) is 26.5 Å². The Morgan fingerprint density at radius 1 is 0.650 bits per heavy atom. The number of thiophene rings is 1. The van der Waals surface area contributed by atoms with E-state index >= 15 is 0 Å². The lowest BCUT2D eigenvalue weighted by atomic mass is 9.99. The third kappa shape index (κ3) is 3.97. The van der Waals surface area contributed by atoms with Crippen molar-refractivity contribution in [2.75, 3.05) is 0 Å². The number of fused-ring (bicyclic) bond motifs is 8. The van der Waals surface area contributed by atoms with Crippen LogP contribution in [-0.4, -0.2) is 42.6 Å². The number of benzene rings is 2. The minimum atomic E-state index is -1.15. The number of aromatic hydroxyl groups is 2. The number of aliphatic hydroxyl groups excluding tert-OH is 2. The maximum atomic E-state index is 11.2. The Kier molecular flexibility index (Phi) is 5.74. The van der Waals surface area contributed by atoms with Gasteiger partial charge in [0, 0.05) is 38.0 Å². The molecule has 8 bridgehead atoms. The summed E-state index contributed by atoms with van der Waals surface area (Å²) in [6.07, 6.45) is 1.25. The molecule has 5 aromatic rings. The smallest absolute Gasteiger partial charge is 0.184 e. The van der Waals surface area contributed by atoms with Crippen LogP contribution in [0.1, 0.15) is 32.3 Å². The summed E-state index contributed by atoms with van der Waals surface area (Å²) in [5.41, 5.74) is 5.52. The molecule has 0 saturated carbocycles. The van der Waals surface area contributed by atoms with E-state index in [2.05, 4.69) is 15.3 Å². The first-order valence-corrected chi connectivity index (χ1v) is 13.6. The van der Waals surface area contributed by atoms with Crippen molar-refractivity contribution < 1.29 is 20.4 Å². The normalized spacial score (nSPS) is 18.4. The van der Waals surface area contributed by atoms with Crippen LogP contribution in [0.4, 0.5) is 0 Å². The van der Waals surface area contributed by atoms with Crippen molar-refractivity contribution in [3.63, 3.8) is 0 Å². The van der Waals surface area contributed by atoms with Gasteiger partial charge in [-0.3, -0.25) is 0 Å². The van der Waals surface area contributed by atoms with Crippen molar-refractivity contribution in [3.8, 4) is 11.5 Å². The van der Waals surface area contributed by atoms with Crippen LogP contribution in [0, 0.1) is 0 Å². The average molecular weight is 548 g/mol. The van der Waals surface area contributed by atoms with Crippen LogP contribution in [-0.2, 0) is 0 Å². The van der Waals surface area contributed by atoms with Gasteiger partial charge >= 0.3 is 0 Å². The standard InChI is InChI=1S/C32H25N3O4S/c36-29-22-15-19-11-13-21(33-19)25(17-7-3-1-4-8-17)27-31(38)30(37)23(35-27)16-20-12-14-24(40-20)26(28(34-22)32(29)39)18-9-5-2-6-10-18/h1-16,29,32-39H. The molecule has 3 aromatic heterocycles. The predicted molar refractivity (Wildman–Crippen MR) is 156 cm³/mol. The minimum absolute atomic E-state index is 0.238. The summed E-state index contributed by atoms with van der Waals surface area (Å²) in [4.78, 5) is 8.30. The molecule has 5 heterocycles. The van der Waals surface area contributed by atoms with Gasteiger partial charge in [-0.1, -0.05) is 60.7 Å². The van der Waals surface area contributed by atoms with E-state index in [9.17, 15) is 20.4 Å². The molecular formula is C32H25N3O4S. The second-order valence-electron chi connectivity index (χ2n) is 9.79. The van der Waals surface area contributed by atoms with Crippen LogP contribution in [0.2, 0.25) is 0 Å². The first kappa shape index (κ1) is 24.3. The molecule has 2 unspecified atom stereocenters. The van der Waals surface area contributed by atoms with Crippen molar-refractivity contribution in [1.82, 2.24) is 15.3 Å². The Balaban J connectivity index is 1.55. The summed E-state index contributed by atoms with van der Waals surface area (Å²) in [5, 5.41) is 48.3. The Hall–Kier alpha value is -4.76. The number of aromatic nitrogens is 2. The molecule has 7 rings (SSSR count). The van der Waals surface area contributed by atoms with Gasteiger partial charge < -0.3 is 35.7 Å². The zero-order chi connectivity index (χ0) is 27.4. The Morgan fingerprint density at radius 3 is 2.08 bits per heavy atom. The molecule has 7 nitrogen and oxygen atoms in total. The minimum Gasteiger partial charge on any atom is -0.503 e. The van der Waals surface area contributed by atoms with Gasteiger partial charge in [0.05, 0.1) is 16.4 Å². The van der Waals surface area contributed by atoms with Crippen LogP contribution in [0.3, 0.4) is 0 Å². The lowest BCUT2D eigenvalue weighted by molar-refractivity contribution is 0.0817. The fraction of sp³-hybridized carbons (Fsp3) is 0.0625. The first-order valence-electron chi connectivity index (χ1n) is 12.8. The maximum absolute atomic E-state index is 11.2. The van der Waals surface area contributed by atoms with E-state index in [1.54, 1.807) is 12.2 Å². The number of hydrogen-bond donors (Lipinski definition) is 7. The summed E-state index contributed by atoms with van der Waals surface area (Å²) in [7, 11) is 0. The van der Waals surface area contributed by atoms with E-state index in [1.165, 1.54) is 11.3 Å². The van der Waals surface area contributed by atoms with Crippen LogP contribution >= 0.6 is 11.3 Å². The molecule has 2 aromatic carbocycles. The predicted octanol–water partition coefficient (Wildman–Crippen LogP) is 3.33. The fourth-order valence-corrected chi connectivity index (χ4v) is 6.37. The molecule has 2 aliphatic rings. The number of aliphatic hydroxyl groups is 2. The fourth-order valence-electron chi connectivity index (χ4n) is 5.34. The molecule has 40 heavy (non-hydrogen) atoms. The van der Waals surface area contributed by atoms with Gasteiger partial charge in [0.15, 0.2) is 11.5 Å². The molecule has 8 heteroatoms. The molecule has 0 amide bonds. The third-order valence-corrected chi connectivity index (χ3v) is 8.31. The topological polar surface area (TPSA) is 125 Å². The largest absolute Gasteiger partial charge is 0.503 e. The Bertz CT molecular complexity index is 1930. The molecule has 198 valence electrons. The monoisotopic (exact) mass is 547 g/mol. The first-order chi connectivity index (χ1) is 19.5. The molecular weight excluding hydrogens is 522 g/mol. The van der Waals surface area contributed by atoms with Crippen molar-refractivity contribution in [2.24, 2.45) is 0 Å². The second-order valence-corrected chi connectivity index (χ2v) is 10.9. The summed E-state index contributed by atoms with van der Waals surface area (Å²) >= 11 is 1.47. The van der Waals surface area contributed by atoms with Gasteiger partial charge in [-0.25, -0.2) is 0 Å². The van der Waals surface area contributed by atoms with E-state index in [1.807, 2.05) is 84.9 Å². The number of H-pyrrole nitrogens is 2. The highest BCUT2D eigenvalue weighted by Crippen LogP contribution is 2.37. The lowest BCUT2D eigenvalue weighted by Gasteiger charge is -2.14. The summed E-state index contributed by atoms with van der Waals surface area (Å²) in [6.45, 7) is 0. The Morgan fingerprint density at radius 2 is 1.35 bits per heavy atom. The highest BCUT2D eigenvalue weighted by molar-refractivity contribution is 7.14. The van der Waals surface area contributed by atoms with Gasteiger partial charge in [-0.2, -0.15) is 0 Å². The molecule has 0 radical (unpaired) electrons. The van der Waals surface area contributed by atoms with Gasteiger partial charge in [-0.05, 0) is 47.5 Å². The Labute approximate surface area is 233 Å². The van der Waals surface area contributed by atoms with Crippen LogP contribution in [0.25, 0.3) is 23.3 Å². The van der Waals surface area contributed by atoms with E-state index < -0.39 is 12.2 Å². The van der Waals surface area contributed by atoms with Gasteiger partial charge in [-0.15, -0.1) is 11.3 Å². The van der Waals surface area contributed by atoms with E-state index in [-0.39, 0.29) is 11.5 Å². The molecule has 1 saturated heterocycles. The van der Waals surface area contributed by atoms with Crippen molar-refractivity contribution in [3.05, 3.63) is 139 Å². The third-order valence-electron chi connectivity index (χ3n) is 7.26. The molecule has 0 spiro atoms. The zero-order valence-electron chi connectivity index (χ0n) is 21.1. The van der Waals surface area contributed by atoms with Crippen LogP contribution in [0.15, 0.2) is 96.3 Å². The van der Waals surface area contributed by atoms with E-state index in [4.69, 9.17) is 0 Å². The molecule has 2 aliphatic heterocycles. The average Bonchev–Trinajstić information content (AvgIpc) is 3.74. The zero-order valence-corrected chi connectivity index (χ0v) is 21.9. The van der Waals surface area contributed by atoms with E-state index in [0.29, 0.717) is 39.1 Å². The summed E-state index contributed by atoms with van der Waals surface area (Å²) < 4.78 is 0. The van der Waals surface area contributed by atoms with Gasteiger partial charge in [0.25, 0.3) is 0 Å². The SMILES string of the molecule is Oc1c(O)c2[nH]c1=Cc1ccc(s1)C(c1ccccc1)=C1NC(=Cc3ccc([nH]3)C=2c2ccccc2)C(O)C1O. The number of rotatable bonds is 2. The highest BCUT2D eigenvalue weighted by Gasteiger charge is 2.36. The molecule has 1 fully saturated rings. The lowest BCUT2D eigenvalue weighted by Crippen LogP contribution is -2.21. The van der Waals surface area contributed by atoms with Crippen molar-refractivity contribution in [2.45, 2.75) is 12.2 Å².